The topological polar surface area (TPSA) is 75.4 Å². The number of aromatic nitrogens is 2. The lowest BCUT2D eigenvalue weighted by molar-refractivity contribution is -0.137. The van der Waals surface area contributed by atoms with Gasteiger partial charge in [0, 0.05) is 12.6 Å². The third kappa shape index (κ3) is 3.00. The van der Waals surface area contributed by atoms with Crippen molar-refractivity contribution in [2.45, 2.75) is 52.1 Å². The van der Waals surface area contributed by atoms with Gasteiger partial charge in [0.25, 0.3) is 5.91 Å². The van der Waals surface area contributed by atoms with Gasteiger partial charge >= 0.3 is 5.97 Å². The Hall–Kier alpha value is -1.85. The molecule has 1 aromatic heterocycles. The summed E-state index contributed by atoms with van der Waals surface area (Å²) in [6.07, 6.45) is 1.77. The normalized spacial score (nSPS) is 14.6. The molecule has 0 saturated heterocycles. The number of hydrogen-bond donors (Lipinski definition) is 1. The maximum atomic E-state index is 12.6. The van der Waals surface area contributed by atoms with Crippen LogP contribution in [0.5, 0.6) is 0 Å². The van der Waals surface area contributed by atoms with Gasteiger partial charge in [-0.2, -0.15) is 5.10 Å². The molecular weight excluding hydrogens is 258 g/mol. The van der Waals surface area contributed by atoms with E-state index in [4.69, 9.17) is 5.11 Å². The molecule has 1 heterocycles. The Morgan fingerprint density at radius 2 is 2.15 bits per heavy atom. The summed E-state index contributed by atoms with van der Waals surface area (Å²) in [6.45, 7) is 6.32. The third-order valence-electron chi connectivity index (χ3n) is 3.46. The number of aryl methyl sites for hydroxylation is 1. The van der Waals surface area contributed by atoms with Crippen LogP contribution in [0.4, 0.5) is 0 Å². The fraction of sp³-hybridized carbons (Fsp3) is 0.643. The van der Waals surface area contributed by atoms with Crippen molar-refractivity contribution in [2.75, 3.05) is 6.54 Å². The molecule has 2 rings (SSSR count). The molecule has 1 aliphatic carbocycles. The summed E-state index contributed by atoms with van der Waals surface area (Å²) >= 11 is 0. The highest BCUT2D eigenvalue weighted by molar-refractivity contribution is 5.95. The molecule has 0 bridgehead atoms. The van der Waals surface area contributed by atoms with Gasteiger partial charge in [-0.25, -0.2) is 0 Å². The van der Waals surface area contributed by atoms with Crippen LogP contribution in [0.2, 0.25) is 0 Å². The monoisotopic (exact) mass is 279 g/mol. The van der Waals surface area contributed by atoms with Crippen molar-refractivity contribution in [1.29, 1.82) is 0 Å². The lowest BCUT2D eigenvalue weighted by atomic mass is 10.1. The SMILES string of the molecule is CCn1nc(C(C)C)cc1C(=O)N(CC(=O)O)C1CC1. The number of carboxylic acid groups (broad SMARTS) is 1. The zero-order chi connectivity index (χ0) is 14.9. The van der Waals surface area contributed by atoms with Crippen LogP contribution in [-0.4, -0.2) is 44.3 Å². The van der Waals surface area contributed by atoms with Gasteiger partial charge in [-0.15, -0.1) is 0 Å². The minimum absolute atomic E-state index is 0.0707. The highest BCUT2D eigenvalue weighted by atomic mass is 16.4. The first-order chi connectivity index (χ1) is 9.43. The quantitative estimate of drug-likeness (QED) is 0.860. The van der Waals surface area contributed by atoms with Crippen molar-refractivity contribution >= 4 is 11.9 Å². The molecule has 1 aliphatic rings. The van der Waals surface area contributed by atoms with Crippen molar-refractivity contribution in [2.24, 2.45) is 0 Å². The molecule has 1 fully saturated rings. The van der Waals surface area contributed by atoms with E-state index in [-0.39, 0.29) is 24.4 Å². The van der Waals surface area contributed by atoms with Crippen molar-refractivity contribution in [3.63, 3.8) is 0 Å². The van der Waals surface area contributed by atoms with E-state index in [0.29, 0.717) is 12.2 Å². The Kier molecular flexibility index (Phi) is 4.11. The molecule has 6 heteroatoms. The van der Waals surface area contributed by atoms with E-state index in [1.54, 1.807) is 10.7 Å². The van der Waals surface area contributed by atoms with Crippen LogP contribution in [0.1, 0.15) is 55.7 Å². The molecule has 20 heavy (non-hydrogen) atoms. The zero-order valence-electron chi connectivity index (χ0n) is 12.2. The Morgan fingerprint density at radius 1 is 1.50 bits per heavy atom. The van der Waals surface area contributed by atoms with E-state index in [1.807, 2.05) is 20.8 Å². The number of nitrogens with zero attached hydrogens (tertiary/aromatic N) is 3. The van der Waals surface area contributed by atoms with Crippen LogP contribution >= 0.6 is 0 Å². The summed E-state index contributed by atoms with van der Waals surface area (Å²) in [5, 5.41) is 13.4. The average Bonchev–Trinajstić information content (AvgIpc) is 3.12. The fourth-order valence-electron chi connectivity index (χ4n) is 2.18. The van der Waals surface area contributed by atoms with Crippen molar-refractivity contribution in [1.82, 2.24) is 14.7 Å². The minimum Gasteiger partial charge on any atom is -0.480 e. The third-order valence-corrected chi connectivity index (χ3v) is 3.46. The van der Waals surface area contributed by atoms with Gasteiger partial charge in [0.2, 0.25) is 0 Å². The number of carbonyl (C=O) groups excluding carboxylic acids is 1. The first-order valence-electron chi connectivity index (χ1n) is 7.04. The van der Waals surface area contributed by atoms with E-state index in [9.17, 15) is 9.59 Å². The summed E-state index contributed by atoms with van der Waals surface area (Å²) in [7, 11) is 0. The Morgan fingerprint density at radius 3 is 2.60 bits per heavy atom. The van der Waals surface area contributed by atoms with Crippen molar-refractivity contribution < 1.29 is 14.7 Å². The molecule has 6 nitrogen and oxygen atoms in total. The van der Waals surface area contributed by atoms with Gasteiger partial charge < -0.3 is 10.0 Å². The zero-order valence-corrected chi connectivity index (χ0v) is 12.2. The number of carboxylic acids is 1. The highest BCUT2D eigenvalue weighted by Gasteiger charge is 2.35. The molecular formula is C14H21N3O3. The first-order valence-corrected chi connectivity index (χ1v) is 7.04. The molecule has 1 N–H and O–H groups in total. The standard InChI is InChI=1S/C14H21N3O3/c1-4-17-12(7-11(15-17)9(2)3)14(20)16(8-13(18)19)10-5-6-10/h7,9-10H,4-6,8H2,1-3H3,(H,18,19). The smallest absolute Gasteiger partial charge is 0.323 e. The van der Waals surface area contributed by atoms with E-state index >= 15 is 0 Å². The Bertz CT molecular complexity index is 518. The number of aliphatic carboxylic acids is 1. The molecule has 0 aliphatic heterocycles. The second-order valence-electron chi connectivity index (χ2n) is 5.48. The molecule has 1 saturated carbocycles. The molecule has 1 amide bonds. The molecule has 0 spiro atoms. The molecule has 0 aromatic carbocycles. The number of carbonyl (C=O) groups is 2. The van der Waals surface area contributed by atoms with Gasteiger partial charge in [0.05, 0.1) is 5.69 Å². The second-order valence-corrected chi connectivity index (χ2v) is 5.48. The average molecular weight is 279 g/mol. The summed E-state index contributed by atoms with van der Waals surface area (Å²) < 4.78 is 1.66. The molecule has 110 valence electrons. The lowest BCUT2D eigenvalue weighted by Crippen LogP contribution is -2.38. The van der Waals surface area contributed by atoms with E-state index < -0.39 is 5.97 Å². The number of hydrogen-bond acceptors (Lipinski definition) is 3. The summed E-state index contributed by atoms with van der Waals surface area (Å²) in [4.78, 5) is 25.0. The maximum Gasteiger partial charge on any atom is 0.323 e. The van der Waals surface area contributed by atoms with Crippen LogP contribution in [0.25, 0.3) is 0 Å². The van der Waals surface area contributed by atoms with E-state index in [0.717, 1.165) is 18.5 Å². The predicted molar refractivity (Wildman–Crippen MR) is 73.7 cm³/mol. The lowest BCUT2D eigenvalue weighted by Gasteiger charge is -2.20. The number of amides is 1. The van der Waals surface area contributed by atoms with Gasteiger partial charge in [-0.05, 0) is 31.7 Å². The van der Waals surface area contributed by atoms with Crippen molar-refractivity contribution in [3.8, 4) is 0 Å². The van der Waals surface area contributed by atoms with Gasteiger partial charge in [0.15, 0.2) is 0 Å². The van der Waals surface area contributed by atoms with E-state index in [2.05, 4.69) is 5.10 Å². The Balaban J connectivity index is 2.28. The van der Waals surface area contributed by atoms with Crippen LogP contribution in [0.3, 0.4) is 0 Å². The van der Waals surface area contributed by atoms with Gasteiger partial charge in [-0.3, -0.25) is 14.3 Å². The van der Waals surface area contributed by atoms with Crippen molar-refractivity contribution in [3.05, 3.63) is 17.5 Å². The van der Waals surface area contributed by atoms with Gasteiger partial charge in [-0.1, -0.05) is 13.8 Å². The summed E-state index contributed by atoms with van der Waals surface area (Å²) in [5.41, 5.74) is 1.35. The largest absolute Gasteiger partial charge is 0.480 e. The first kappa shape index (κ1) is 14.6. The van der Waals surface area contributed by atoms with Crippen LogP contribution in [-0.2, 0) is 11.3 Å². The summed E-state index contributed by atoms with van der Waals surface area (Å²) in [5.74, 6) is -0.962. The maximum absolute atomic E-state index is 12.6. The molecule has 0 atom stereocenters. The Labute approximate surface area is 118 Å². The van der Waals surface area contributed by atoms with E-state index in [1.165, 1.54) is 4.90 Å². The minimum atomic E-state index is -0.975. The summed E-state index contributed by atoms with van der Waals surface area (Å²) in [6, 6.07) is 1.86. The molecule has 0 radical (unpaired) electrons. The highest BCUT2D eigenvalue weighted by Crippen LogP contribution is 2.28. The predicted octanol–water partition coefficient (Wildman–Crippen LogP) is 1.72. The second kappa shape index (κ2) is 5.64. The van der Waals surface area contributed by atoms with Crippen LogP contribution in [0.15, 0.2) is 6.07 Å². The molecule has 1 aromatic rings. The van der Waals surface area contributed by atoms with Crippen LogP contribution in [0, 0.1) is 0 Å². The van der Waals surface area contributed by atoms with Gasteiger partial charge in [0.1, 0.15) is 12.2 Å². The molecule has 0 unspecified atom stereocenters. The number of rotatable bonds is 6. The van der Waals surface area contributed by atoms with Crippen LogP contribution < -0.4 is 0 Å². The fourth-order valence-corrected chi connectivity index (χ4v) is 2.18.